The first-order valence-corrected chi connectivity index (χ1v) is 8.69. The highest BCUT2D eigenvalue weighted by Crippen LogP contribution is 2.40. The zero-order valence-corrected chi connectivity index (χ0v) is 14.4. The number of rotatable bonds is 4. The van der Waals surface area contributed by atoms with E-state index in [9.17, 15) is 14.7 Å². The van der Waals surface area contributed by atoms with E-state index in [1.165, 1.54) is 11.2 Å². The Bertz CT molecular complexity index is 897. The summed E-state index contributed by atoms with van der Waals surface area (Å²) in [5.74, 6) is -0.231. The zero-order valence-electron chi connectivity index (χ0n) is 14.4. The van der Waals surface area contributed by atoms with E-state index in [4.69, 9.17) is 9.15 Å². The van der Waals surface area contributed by atoms with Crippen molar-refractivity contribution in [3.63, 3.8) is 0 Å². The summed E-state index contributed by atoms with van der Waals surface area (Å²) >= 11 is 0. The van der Waals surface area contributed by atoms with E-state index in [1.54, 1.807) is 24.3 Å². The molecule has 26 heavy (non-hydrogen) atoms. The van der Waals surface area contributed by atoms with E-state index in [0.29, 0.717) is 30.9 Å². The van der Waals surface area contributed by atoms with Crippen molar-refractivity contribution in [2.45, 2.75) is 25.8 Å². The van der Waals surface area contributed by atoms with Gasteiger partial charge in [-0.15, -0.1) is 0 Å². The molecule has 0 radical (unpaired) electrons. The highest BCUT2D eigenvalue weighted by atomic mass is 16.5. The number of nitrogens with zero attached hydrogens (tertiary/aromatic N) is 1. The number of amides is 1. The molecule has 0 spiro atoms. The van der Waals surface area contributed by atoms with Crippen LogP contribution in [0, 0.1) is 0 Å². The van der Waals surface area contributed by atoms with Crippen LogP contribution in [0.2, 0.25) is 0 Å². The second kappa shape index (κ2) is 6.37. The summed E-state index contributed by atoms with van der Waals surface area (Å²) in [6, 6.07) is 7.99. The van der Waals surface area contributed by atoms with Gasteiger partial charge in [0.15, 0.2) is 0 Å². The molecule has 1 N–H and O–H groups in total. The average molecular weight is 353 g/mol. The molecule has 2 aliphatic rings. The number of ketones is 1. The number of aliphatic hydroxyl groups excluding tert-OH is 1. The van der Waals surface area contributed by atoms with Crippen LogP contribution in [0.1, 0.15) is 36.3 Å². The van der Waals surface area contributed by atoms with Gasteiger partial charge in [0.25, 0.3) is 11.7 Å². The Morgan fingerprint density at radius 2 is 2.15 bits per heavy atom. The molecule has 6 nitrogen and oxygen atoms in total. The second-order valence-electron chi connectivity index (χ2n) is 6.43. The predicted molar refractivity (Wildman–Crippen MR) is 93.6 cm³/mol. The van der Waals surface area contributed by atoms with Crippen molar-refractivity contribution in [2.75, 3.05) is 13.2 Å². The van der Waals surface area contributed by atoms with Crippen LogP contribution in [0.15, 0.2) is 46.6 Å². The number of likely N-dealkylation sites (tertiary alicyclic amines) is 1. The molecule has 4 rings (SSSR count). The van der Waals surface area contributed by atoms with Gasteiger partial charge in [0.2, 0.25) is 0 Å². The summed E-state index contributed by atoms with van der Waals surface area (Å²) in [5, 5.41) is 10.9. The molecular weight excluding hydrogens is 334 g/mol. The molecule has 0 saturated carbocycles. The van der Waals surface area contributed by atoms with E-state index in [-0.39, 0.29) is 11.3 Å². The van der Waals surface area contributed by atoms with Crippen LogP contribution >= 0.6 is 0 Å². The molecule has 1 saturated heterocycles. The summed E-state index contributed by atoms with van der Waals surface area (Å²) in [6.45, 7) is 2.94. The third kappa shape index (κ3) is 2.49. The van der Waals surface area contributed by atoms with E-state index in [1.807, 2.05) is 13.0 Å². The minimum Gasteiger partial charge on any atom is -0.507 e. The Balaban J connectivity index is 1.84. The molecule has 6 heteroatoms. The number of benzene rings is 1. The third-order valence-corrected chi connectivity index (χ3v) is 4.78. The SMILES string of the molecule is CCCN1C(=O)C(=O)/C(=C(\O)c2ccc3c(c2)CCO3)C1c1ccco1. The maximum Gasteiger partial charge on any atom is 0.295 e. The van der Waals surface area contributed by atoms with E-state index < -0.39 is 17.7 Å². The van der Waals surface area contributed by atoms with Gasteiger partial charge in [-0.25, -0.2) is 0 Å². The number of hydrogen-bond donors (Lipinski definition) is 1. The molecule has 1 fully saturated rings. The Hall–Kier alpha value is -3.02. The molecule has 1 aromatic carbocycles. The summed E-state index contributed by atoms with van der Waals surface area (Å²) < 4.78 is 11.0. The highest BCUT2D eigenvalue weighted by Gasteiger charge is 2.47. The largest absolute Gasteiger partial charge is 0.507 e. The monoisotopic (exact) mass is 353 g/mol. The number of aliphatic hydroxyl groups is 1. The lowest BCUT2D eigenvalue weighted by molar-refractivity contribution is -0.140. The van der Waals surface area contributed by atoms with Gasteiger partial charge in [-0.2, -0.15) is 0 Å². The van der Waals surface area contributed by atoms with Gasteiger partial charge in [-0.3, -0.25) is 9.59 Å². The van der Waals surface area contributed by atoms with E-state index >= 15 is 0 Å². The normalized spacial score (nSPS) is 21.1. The zero-order chi connectivity index (χ0) is 18.3. The molecule has 2 aromatic rings. The van der Waals surface area contributed by atoms with Crippen LogP contribution in [-0.2, 0) is 16.0 Å². The van der Waals surface area contributed by atoms with Crippen LogP contribution in [0.25, 0.3) is 5.76 Å². The van der Waals surface area contributed by atoms with Crippen LogP contribution in [0.4, 0.5) is 0 Å². The van der Waals surface area contributed by atoms with Crippen molar-refractivity contribution in [2.24, 2.45) is 0 Å². The second-order valence-corrected chi connectivity index (χ2v) is 6.43. The van der Waals surface area contributed by atoms with Gasteiger partial charge in [-0.05, 0) is 42.3 Å². The highest BCUT2D eigenvalue weighted by molar-refractivity contribution is 6.46. The van der Waals surface area contributed by atoms with E-state index in [2.05, 4.69) is 0 Å². The van der Waals surface area contributed by atoms with Crippen molar-refractivity contribution in [1.82, 2.24) is 4.90 Å². The minimum absolute atomic E-state index is 0.0669. The van der Waals surface area contributed by atoms with Crippen molar-refractivity contribution >= 4 is 17.4 Å². The number of Topliss-reactive ketones (excluding diaryl/α,β-unsaturated/α-hetero) is 1. The molecule has 1 atom stereocenters. The number of carbonyl (C=O) groups is 2. The Morgan fingerprint density at radius 1 is 1.31 bits per heavy atom. The molecule has 3 heterocycles. The number of fused-ring (bicyclic) bond motifs is 1. The van der Waals surface area contributed by atoms with Crippen molar-refractivity contribution in [3.8, 4) is 5.75 Å². The molecule has 1 amide bonds. The Kier molecular flexibility index (Phi) is 4.03. The topological polar surface area (TPSA) is 80.0 Å². The molecule has 2 aliphatic heterocycles. The van der Waals surface area contributed by atoms with Crippen molar-refractivity contribution in [1.29, 1.82) is 0 Å². The van der Waals surface area contributed by atoms with Gasteiger partial charge in [-0.1, -0.05) is 6.92 Å². The fourth-order valence-electron chi connectivity index (χ4n) is 3.58. The van der Waals surface area contributed by atoms with Crippen LogP contribution < -0.4 is 4.74 Å². The maximum atomic E-state index is 12.7. The van der Waals surface area contributed by atoms with Crippen molar-refractivity contribution in [3.05, 3.63) is 59.1 Å². The lowest BCUT2D eigenvalue weighted by Crippen LogP contribution is -2.30. The molecular formula is C20H19NO5. The number of furan rings is 1. The lowest BCUT2D eigenvalue weighted by atomic mass is 9.98. The van der Waals surface area contributed by atoms with Gasteiger partial charge in [0.1, 0.15) is 23.3 Å². The average Bonchev–Trinajstić information content (AvgIpc) is 3.37. The van der Waals surface area contributed by atoms with Gasteiger partial charge < -0.3 is 19.2 Å². The van der Waals surface area contributed by atoms with Gasteiger partial charge >= 0.3 is 0 Å². The standard InChI is InChI=1S/C20H19NO5/c1-2-8-21-17(15-4-3-9-25-15)16(19(23)20(21)24)18(22)13-5-6-14-12(11-13)7-10-26-14/h3-6,9,11,17,22H,2,7-8,10H2,1H3/b18-16-. The predicted octanol–water partition coefficient (Wildman–Crippen LogP) is 3.05. The van der Waals surface area contributed by atoms with Crippen molar-refractivity contribution < 1.29 is 23.8 Å². The summed E-state index contributed by atoms with van der Waals surface area (Å²) in [5.41, 5.74) is 1.55. The number of ether oxygens (including phenoxy) is 1. The Labute approximate surface area is 150 Å². The molecule has 1 aromatic heterocycles. The minimum atomic E-state index is -0.713. The van der Waals surface area contributed by atoms with Crippen LogP contribution in [0.5, 0.6) is 5.75 Å². The lowest BCUT2D eigenvalue weighted by Gasteiger charge is -2.22. The van der Waals surface area contributed by atoms with Crippen LogP contribution in [-0.4, -0.2) is 34.8 Å². The summed E-state index contributed by atoms with van der Waals surface area (Å²) in [7, 11) is 0. The first-order chi connectivity index (χ1) is 12.6. The van der Waals surface area contributed by atoms with Crippen LogP contribution in [0.3, 0.4) is 0 Å². The summed E-state index contributed by atoms with van der Waals surface area (Å²) in [4.78, 5) is 26.6. The fraction of sp³-hybridized carbons (Fsp3) is 0.300. The first-order valence-electron chi connectivity index (χ1n) is 8.69. The number of carbonyl (C=O) groups excluding carboxylic acids is 2. The van der Waals surface area contributed by atoms with E-state index in [0.717, 1.165) is 17.7 Å². The van der Waals surface area contributed by atoms with Gasteiger partial charge in [0.05, 0.1) is 18.4 Å². The molecule has 1 unspecified atom stereocenters. The maximum absolute atomic E-state index is 12.7. The Morgan fingerprint density at radius 3 is 2.88 bits per heavy atom. The molecule has 134 valence electrons. The third-order valence-electron chi connectivity index (χ3n) is 4.78. The first kappa shape index (κ1) is 16.4. The smallest absolute Gasteiger partial charge is 0.295 e. The molecule has 0 bridgehead atoms. The molecule has 0 aliphatic carbocycles. The summed E-state index contributed by atoms with van der Waals surface area (Å²) in [6.07, 6.45) is 2.94. The fourth-order valence-corrected chi connectivity index (χ4v) is 3.58. The quantitative estimate of drug-likeness (QED) is 0.519. The van der Waals surface area contributed by atoms with Gasteiger partial charge in [0, 0.05) is 18.5 Å². The number of hydrogen-bond acceptors (Lipinski definition) is 5.